The van der Waals surface area contributed by atoms with Crippen LogP contribution in [0.1, 0.15) is 10.4 Å². The van der Waals surface area contributed by atoms with Crippen LogP contribution in [0.5, 0.6) is 5.75 Å². The molecule has 0 unspecified atom stereocenters. The standard InChI is InChI=1S/C25H19FN2O4S/c1-28(23(29)15-7-9-17(26)10-8-15)25(33)27-18-11-12-19(22(14-18)31-2)20-13-16-5-3-4-6-21(16)32-24(20)30/h3-14H,1-2H3,(H,27,33). The zero-order valence-corrected chi connectivity index (χ0v) is 18.7. The van der Waals surface area contributed by atoms with Crippen molar-refractivity contribution < 1.29 is 18.3 Å². The summed E-state index contributed by atoms with van der Waals surface area (Å²) in [5, 5.41) is 0.916. The molecule has 33 heavy (non-hydrogen) atoms. The molecule has 0 aliphatic heterocycles. The molecule has 3 aromatic carbocycles. The number of hydrogen-bond donors (Lipinski definition) is 1. The van der Waals surface area contributed by atoms with Crippen molar-refractivity contribution in [2.75, 3.05) is 14.2 Å². The van der Waals surface area contributed by atoms with Crippen molar-refractivity contribution in [3.05, 3.63) is 94.6 Å². The van der Waals surface area contributed by atoms with Gasteiger partial charge in [-0.3, -0.25) is 9.69 Å². The van der Waals surface area contributed by atoms with Crippen molar-refractivity contribution >= 4 is 40.4 Å². The highest BCUT2D eigenvalue weighted by Gasteiger charge is 2.16. The molecule has 1 aromatic heterocycles. The maximum absolute atomic E-state index is 13.1. The van der Waals surface area contributed by atoms with Crippen LogP contribution in [0.4, 0.5) is 10.1 Å². The fourth-order valence-electron chi connectivity index (χ4n) is 3.29. The quantitative estimate of drug-likeness (QED) is 0.193. The summed E-state index contributed by atoms with van der Waals surface area (Å²) >= 11 is 4.34. The lowest BCUT2D eigenvalue weighted by Crippen LogP contribution is -2.29. The van der Waals surface area contributed by atoms with Crippen LogP contribution in [-0.2, 0) is 0 Å². The number of thiol groups is 1. The minimum absolute atomic E-state index is 0.129. The minimum atomic E-state index is -0.484. The maximum Gasteiger partial charge on any atom is 0.344 e. The summed E-state index contributed by atoms with van der Waals surface area (Å²) in [4.78, 5) is 30.8. The lowest BCUT2D eigenvalue weighted by atomic mass is 10.0. The Morgan fingerprint density at radius 3 is 2.48 bits per heavy atom. The first-order valence-electron chi connectivity index (χ1n) is 9.90. The number of halogens is 1. The summed E-state index contributed by atoms with van der Waals surface area (Å²) in [6.45, 7) is 0. The molecule has 1 amide bonds. The predicted molar refractivity (Wildman–Crippen MR) is 129 cm³/mol. The van der Waals surface area contributed by atoms with Gasteiger partial charge < -0.3 is 9.15 Å². The third-order valence-corrected chi connectivity index (χ3v) is 5.44. The predicted octanol–water partition coefficient (Wildman–Crippen LogP) is 5.30. The number of hydrogen-bond acceptors (Lipinski definition) is 5. The van der Waals surface area contributed by atoms with Crippen LogP contribution >= 0.6 is 12.6 Å². The van der Waals surface area contributed by atoms with Crippen LogP contribution in [0.3, 0.4) is 0 Å². The highest BCUT2D eigenvalue weighted by atomic mass is 32.1. The molecule has 0 atom stereocenters. The van der Waals surface area contributed by atoms with Gasteiger partial charge in [0.1, 0.15) is 17.1 Å². The fourth-order valence-corrected chi connectivity index (χ4v) is 3.50. The van der Waals surface area contributed by atoms with Gasteiger partial charge in [0.25, 0.3) is 5.91 Å². The Morgan fingerprint density at radius 1 is 1.03 bits per heavy atom. The summed E-state index contributed by atoms with van der Waals surface area (Å²) in [5.74, 6) is -0.407. The van der Waals surface area contributed by atoms with E-state index in [1.165, 1.54) is 43.3 Å². The van der Waals surface area contributed by atoms with Gasteiger partial charge in [0.15, 0.2) is 5.17 Å². The van der Waals surface area contributed by atoms with Gasteiger partial charge >= 0.3 is 5.63 Å². The molecule has 0 saturated carbocycles. The van der Waals surface area contributed by atoms with Crippen molar-refractivity contribution in [1.82, 2.24) is 4.90 Å². The Morgan fingerprint density at radius 2 is 1.76 bits per heavy atom. The zero-order chi connectivity index (χ0) is 23.5. The number of methoxy groups -OCH3 is 1. The third kappa shape index (κ3) is 4.65. The van der Waals surface area contributed by atoms with Gasteiger partial charge in [-0.15, -0.1) is 12.6 Å². The van der Waals surface area contributed by atoms with Crippen LogP contribution in [-0.4, -0.2) is 30.1 Å². The molecule has 0 N–H and O–H groups in total. The van der Waals surface area contributed by atoms with Crippen molar-refractivity contribution in [3.8, 4) is 16.9 Å². The van der Waals surface area contributed by atoms with E-state index in [0.717, 1.165) is 5.39 Å². The van der Waals surface area contributed by atoms with Crippen LogP contribution in [0.15, 0.2) is 87.0 Å². The van der Waals surface area contributed by atoms with E-state index in [9.17, 15) is 14.0 Å². The number of ether oxygens (including phenoxy) is 1. The van der Waals surface area contributed by atoms with E-state index in [4.69, 9.17) is 9.15 Å². The summed E-state index contributed by atoms with van der Waals surface area (Å²) in [5.41, 5.74) is 1.69. The molecule has 8 heteroatoms. The van der Waals surface area contributed by atoms with Crippen LogP contribution < -0.4 is 10.4 Å². The van der Waals surface area contributed by atoms with E-state index in [-0.39, 0.29) is 11.1 Å². The molecule has 0 radical (unpaired) electrons. The molecular formula is C25H19FN2O4S. The number of carbonyl (C=O) groups is 1. The number of amides is 1. The lowest BCUT2D eigenvalue weighted by molar-refractivity contribution is 0.0874. The first-order chi connectivity index (χ1) is 15.9. The molecule has 0 aliphatic carbocycles. The first kappa shape index (κ1) is 22.3. The minimum Gasteiger partial charge on any atom is -0.496 e. The van der Waals surface area contributed by atoms with Crippen LogP contribution in [0.2, 0.25) is 0 Å². The Hall–Kier alpha value is -3.91. The molecule has 0 aliphatic rings. The van der Waals surface area contributed by atoms with E-state index in [2.05, 4.69) is 17.6 Å². The topological polar surface area (TPSA) is 72.1 Å². The van der Waals surface area contributed by atoms with Gasteiger partial charge in [-0.05, 0) is 48.5 Å². The fraction of sp³-hybridized carbons (Fsp3) is 0.0800. The molecule has 0 spiro atoms. The van der Waals surface area contributed by atoms with Gasteiger partial charge in [-0.1, -0.05) is 18.2 Å². The Balaban J connectivity index is 1.66. The number of rotatable bonds is 4. The first-order valence-corrected chi connectivity index (χ1v) is 10.3. The SMILES string of the molecule is COc1cc(/N=C(\S)N(C)C(=O)c2ccc(F)cc2)ccc1-c1cc2ccccc2oc1=O. The highest BCUT2D eigenvalue weighted by molar-refractivity contribution is 7.96. The number of benzene rings is 3. The molecule has 0 fully saturated rings. The van der Waals surface area contributed by atoms with Crippen LogP contribution in [0.25, 0.3) is 22.1 Å². The Kier molecular flexibility index (Phi) is 6.28. The molecule has 6 nitrogen and oxygen atoms in total. The second kappa shape index (κ2) is 9.30. The van der Waals surface area contributed by atoms with E-state index in [0.29, 0.717) is 33.7 Å². The zero-order valence-electron chi connectivity index (χ0n) is 17.8. The number of aliphatic imine (C=N–C) groups is 1. The number of fused-ring (bicyclic) bond motifs is 1. The molecular weight excluding hydrogens is 443 g/mol. The van der Waals surface area contributed by atoms with Gasteiger partial charge in [0.05, 0.1) is 18.4 Å². The third-order valence-electron chi connectivity index (χ3n) is 5.04. The number of nitrogens with zero attached hydrogens (tertiary/aromatic N) is 2. The van der Waals surface area contributed by atoms with Crippen molar-refractivity contribution in [3.63, 3.8) is 0 Å². The monoisotopic (exact) mass is 462 g/mol. The second-order valence-electron chi connectivity index (χ2n) is 7.15. The van der Waals surface area contributed by atoms with Gasteiger partial charge in [-0.2, -0.15) is 0 Å². The summed E-state index contributed by atoms with van der Waals surface area (Å²) < 4.78 is 24.0. The smallest absolute Gasteiger partial charge is 0.344 e. The molecule has 4 aromatic rings. The van der Waals surface area contributed by atoms with Crippen molar-refractivity contribution in [2.45, 2.75) is 0 Å². The summed E-state index contributed by atoms with van der Waals surface area (Å²) in [6.07, 6.45) is 0. The van der Waals surface area contributed by atoms with Gasteiger partial charge in [-0.25, -0.2) is 14.2 Å². The molecule has 0 bridgehead atoms. The van der Waals surface area contributed by atoms with Gasteiger partial charge in [0.2, 0.25) is 0 Å². The second-order valence-corrected chi connectivity index (χ2v) is 7.55. The van der Waals surface area contributed by atoms with E-state index in [1.807, 2.05) is 12.1 Å². The Labute approximate surface area is 194 Å². The molecule has 166 valence electrons. The number of carbonyl (C=O) groups excluding carboxylic acids is 1. The average molecular weight is 463 g/mol. The Bertz CT molecular complexity index is 1430. The molecule has 0 saturated heterocycles. The van der Waals surface area contributed by atoms with Crippen molar-refractivity contribution in [2.24, 2.45) is 4.99 Å². The van der Waals surface area contributed by atoms with Crippen molar-refractivity contribution in [1.29, 1.82) is 0 Å². The van der Waals surface area contributed by atoms with E-state index < -0.39 is 11.4 Å². The van der Waals surface area contributed by atoms with E-state index in [1.54, 1.807) is 36.4 Å². The van der Waals surface area contributed by atoms with Gasteiger partial charge in [0, 0.05) is 29.6 Å². The molecule has 1 heterocycles. The number of amidine groups is 1. The lowest BCUT2D eigenvalue weighted by Gasteiger charge is -2.16. The molecule has 4 rings (SSSR count). The normalized spacial score (nSPS) is 11.5. The average Bonchev–Trinajstić information content (AvgIpc) is 2.83. The largest absolute Gasteiger partial charge is 0.496 e. The highest BCUT2D eigenvalue weighted by Crippen LogP contribution is 2.33. The number of para-hydroxylation sites is 1. The van der Waals surface area contributed by atoms with Crippen LogP contribution in [0, 0.1) is 5.82 Å². The summed E-state index contributed by atoms with van der Waals surface area (Å²) in [6, 6.07) is 19.2. The summed E-state index contributed by atoms with van der Waals surface area (Å²) in [7, 11) is 3.00. The maximum atomic E-state index is 13.1. The van der Waals surface area contributed by atoms with E-state index >= 15 is 0 Å².